The zero-order valence-corrected chi connectivity index (χ0v) is 11.2. The Bertz CT molecular complexity index is 681. The fourth-order valence-corrected chi connectivity index (χ4v) is 2.90. The van der Waals surface area contributed by atoms with E-state index in [-0.39, 0.29) is 5.41 Å². The number of nitrogen functional groups attached to an aromatic ring is 1. The molecule has 98 valence electrons. The Morgan fingerprint density at radius 3 is 3.00 bits per heavy atom. The minimum absolute atomic E-state index is 0.0190. The van der Waals surface area contributed by atoms with Gasteiger partial charge in [0, 0.05) is 11.5 Å². The number of aromatic nitrogens is 4. The number of terminal acetylenes is 1. The molecule has 2 N–H and O–H groups in total. The lowest BCUT2D eigenvalue weighted by molar-refractivity contribution is 0.431. The largest absolute Gasteiger partial charge is 0.382 e. The molecule has 5 heteroatoms. The normalized spacial score (nSPS) is 26.7. The van der Waals surface area contributed by atoms with E-state index in [1.807, 2.05) is 13.3 Å². The Hall–Kier alpha value is -2.09. The highest BCUT2D eigenvalue weighted by Gasteiger charge is 2.35. The van der Waals surface area contributed by atoms with Crippen molar-refractivity contribution in [3.8, 4) is 12.3 Å². The number of rotatable bonds is 1. The summed E-state index contributed by atoms with van der Waals surface area (Å²) in [7, 11) is 0. The zero-order valence-electron chi connectivity index (χ0n) is 11.2. The molecular weight excluding hydrogens is 238 g/mol. The van der Waals surface area contributed by atoms with Gasteiger partial charge in [-0.15, -0.1) is 12.3 Å². The highest BCUT2D eigenvalue weighted by atomic mass is 15.2. The van der Waals surface area contributed by atoms with E-state index in [0.717, 1.165) is 24.9 Å². The fraction of sp³-hybridized carbons (Fsp3) is 0.500. The van der Waals surface area contributed by atoms with E-state index in [2.05, 4.69) is 32.4 Å². The Morgan fingerprint density at radius 2 is 2.32 bits per heavy atom. The molecule has 0 saturated heterocycles. The van der Waals surface area contributed by atoms with Gasteiger partial charge in [-0.2, -0.15) is 0 Å². The highest BCUT2D eigenvalue weighted by molar-refractivity contribution is 5.81. The Labute approximate surface area is 112 Å². The smallest absolute Gasteiger partial charge is 0.166 e. The van der Waals surface area contributed by atoms with Crippen LogP contribution in [0.5, 0.6) is 0 Å². The summed E-state index contributed by atoms with van der Waals surface area (Å²) in [5.74, 6) is 4.03. The lowest BCUT2D eigenvalue weighted by Crippen LogP contribution is -2.11. The van der Waals surface area contributed by atoms with Crippen LogP contribution in [0, 0.1) is 24.7 Å². The summed E-state index contributed by atoms with van der Waals surface area (Å²) in [5.41, 5.74) is 7.37. The van der Waals surface area contributed by atoms with Crippen LogP contribution in [0.4, 0.5) is 5.82 Å². The molecule has 0 aromatic carbocycles. The number of hydrogen-bond acceptors (Lipinski definition) is 4. The first-order valence-corrected chi connectivity index (χ1v) is 6.47. The summed E-state index contributed by atoms with van der Waals surface area (Å²) in [5, 5.41) is 0. The molecule has 0 aliphatic heterocycles. The van der Waals surface area contributed by atoms with Crippen molar-refractivity contribution in [2.24, 2.45) is 5.41 Å². The van der Waals surface area contributed by atoms with Crippen molar-refractivity contribution in [3.63, 3.8) is 0 Å². The van der Waals surface area contributed by atoms with E-state index >= 15 is 0 Å². The summed E-state index contributed by atoms with van der Waals surface area (Å²) >= 11 is 0. The number of aryl methyl sites for hydroxylation is 1. The maximum absolute atomic E-state index is 5.89. The molecule has 2 aromatic rings. The molecule has 1 saturated carbocycles. The number of nitrogens with zero attached hydrogens (tertiary/aromatic N) is 4. The summed E-state index contributed by atoms with van der Waals surface area (Å²) in [6, 6.07) is 0.347. The Kier molecular flexibility index (Phi) is 2.49. The molecule has 3 rings (SSSR count). The molecular formula is C14H17N5. The summed E-state index contributed by atoms with van der Waals surface area (Å²) in [6.45, 7) is 3.98. The van der Waals surface area contributed by atoms with Gasteiger partial charge in [0.15, 0.2) is 11.5 Å². The number of imidazole rings is 1. The molecule has 0 bridgehead atoms. The SMILES string of the molecule is C#CC1(C)CCC(n2cnc3c(N)nc(C)nc32)C1. The average molecular weight is 255 g/mol. The first-order chi connectivity index (χ1) is 9.02. The second-order valence-electron chi connectivity index (χ2n) is 5.58. The molecule has 2 heterocycles. The lowest BCUT2D eigenvalue weighted by Gasteiger charge is -2.17. The van der Waals surface area contributed by atoms with Crippen molar-refractivity contribution in [1.82, 2.24) is 19.5 Å². The van der Waals surface area contributed by atoms with E-state index in [4.69, 9.17) is 12.2 Å². The van der Waals surface area contributed by atoms with Gasteiger partial charge in [-0.05, 0) is 33.1 Å². The van der Waals surface area contributed by atoms with Gasteiger partial charge in [0.2, 0.25) is 0 Å². The second-order valence-corrected chi connectivity index (χ2v) is 5.58. The quantitative estimate of drug-likeness (QED) is 0.792. The van der Waals surface area contributed by atoms with Crippen molar-refractivity contribution >= 4 is 17.0 Å². The highest BCUT2D eigenvalue weighted by Crippen LogP contribution is 2.44. The van der Waals surface area contributed by atoms with Gasteiger partial charge >= 0.3 is 0 Å². The van der Waals surface area contributed by atoms with E-state index in [1.165, 1.54) is 0 Å². The van der Waals surface area contributed by atoms with Crippen LogP contribution in [0.15, 0.2) is 6.33 Å². The van der Waals surface area contributed by atoms with Crippen LogP contribution in [-0.2, 0) is 0 Å². The summed E-state index contributed by atoms with van der Waals surface area (Å²) in [4.78, 5) is 13.0. The van der Waals surface area contributed by atoms with Crippen molar-refractivity contribution < 1.29 is 0 Å². The third-order valence-electron chi connectivity index (χ3n) is 4.02. The van der Waals surface area contributed by atoms with Crippen molar-refractivity contribution in [1.29, 1.82) is 0 Å². The van der Waals surface area contributed by atoms with Gasteiger partial charge in [-0.25, -0.2) is 15.0 Å². The second kappa shape index (κ2) is 3.95. The first-order valence-electron chi connectivity index (χ1n) is 6.47. The molecule has 1 aliphatic carbocycles. The number of anilines is 1. The maximum atomic E-state index is 5.89. The predicted molar refractivity (Wildman–Crippen MR) is 74.3 cm³/mol. The molecule has 0 spiro atoms. The van der Waals surface area contributed by atoms with Gasteiger partial charge in [0.1, 0.15) is 11.3 Å². The molecule has 19 heavy (non-hydrogen) atoms. The van der Waals surface area contributed by atoms with Gasteiger partial charge in [-0.3, -0.25) is 0 Å². The lowest BCUT2D eigenvalue weighted by atomic mass is 9.90. The number of fused-ring (bicyclic) bond motifs is 1. The molecule has 2 aromatic heterocycles. The Balaban J connectivity index is 2.06. The van der Waals surface area contributed by atoms with E-state index in [9.17, 15) is 0 Å². The predicted octanol–water partition coefficient (Wildman–Crippen LogP) is 2.08. The maximum Gasteiger partial charge on any atom is 0.166 e. The minimum atomic E-state index is -0.0190. The molecule has 1 aliphatic rings. The van der Waals surface area contributed by atoms with Crippen LogP contribution in [0.3, 0.4) is 0 Å². The standard InChI is InChI=1S/C14H17N5/c1-4-14(3)6-5-10(7-14)19-8-16-11-12(15)17-9(2)18-13(11)19/h1,8,10H,5-7H2,2-3H3,(H2,15,17,18). The van der Waals surface area contributed by atoms with Crippen LogP contribution in [0.25, 0.3) is 11.2 Å². The van der Waals surface area contributed by atoms with Crippen LogP contribution in [-0.4, -0.2) is 19.5 Å². The summed E-state index contributed by atoms with van der Waals surface area (Å²) < 4.78 is 2.10. The number of hydrogen-bond donors (Lipinski definition) is 1. The minimum Gasteiger partial charge on any atom is -0.382 e. The van der Waals surface area contributed by atoms with Crippen LogP contribution in [0.2, 0.25) is 0 Å². The molecule has 2 atom stereocenters. The first kappa shape index (κ1) is 12.0. The Morgan fingerprint density at radius 1 is 1.53 bits per heavy atom. The van der Waals surface area contributed by atoms with Crippen molar-refractivity contribution in [2.75, 3.05) is 5.73 Å². The van der Waals surface area contributed by atoms with Gasteiger partial charge in [0.25, 0.3) is 0 Å². The fourth-order valence-electron chi connectivity index (χ4n) is 2.90. The van der Waals surface area contributed by atoms with Crippen LogP contribution in [0.1, 0.15) is 38.1 Å². The third-order valence-corrected chi connectivity index (χ3v) is 4.02. The molecule has 5 nitrogen and oxygen atoms in total. The van der Waals surface area contributed by atoms with Gasteiger partial charge < -0.3 is 10.3 Å². The summed E-state index contributed by atoms with van der Waals surface area (Å²) in [6.07, 6.45) is 10.5. The average Bonchev–Trinajstić information content (AvgIpc) is 2.94. The number of nitrogens with two attached hydrogens (primary N) is 1. The van der Waals surface area contributed by atoms with Crippen LogP contribution >= 0.6 is 0 Å². The van der Waals surface area contributed by atoms with Crippen molar-refractivity contribution in [3.05, 3.63) is 12.2 Å². The van der Waals surface area contributed by atoms with Crippen LogP contribution < -0.4 is 5.73 Å². The third kappa shape index (κ3) is 1.84. The van der Waals surface area contributed by atoms with E-state index in [1.54, 1.807) is 0 Å². The van der Waals surface area contributed by atoms with E-state index < -0.39 is 0 Å². The topological polar surface area (TPSA) is 69.6 Å². The monoisotopic (exact) mass is 255 g/mol. The van der Waals surface area contributed by atoms with Gasteiger partial charge in [-0.1, -0.05) is 0 Å². The zero-order chi connectivity index (χ0) is 13.6. The molecule has 2 unspecified atom stereocenters. The molecule has 0 amide bonds. The van der Waals surface area contributed by atoms with Crippen molar-refractivity contribution in [2.45, 2.75) is 39.2 Å². The molecule has 1 fully saturated rings. The van der Waals surface area contributed by atoms with Gasteiger partial charge in [0.05, 0.1) is 6.33 Å². The molecule has 0 radical (unpaired) electrons. The van der Waals surface area contributed by atoms with E-state index in [0.29, 0.717) is 23.2 Å².